The Balaban J connectivity index is 2.24. The molecule has 0 aliphatic carbocycles. The minimum atomic E-state index is -0.132. The first-order chi connectivity index (χ1) is 8.58. The number of halogens is 1. The molecule has 0 amide bonds. The molecule has 0 radical (unpaired) electrons. The molecule has 1 aromatic heterocycles. The summed E-state index contributed by atoms with van der Waals surface area (Å²) in [5.41, 5.74) is 2.08. The highest BCUT2D eigenvalue weighted by atomic mass is 127. The quantitative estimate of drug-likeness (QED) is 0.832. The molecule has 94 valence electrons. The van der Waals surface area contributed by atoms with Gasteiger partial charge < -0.3 is 10.3 Å². The molecule has 0 saturated heterocycles. The van der Waals surface area contributed by atoms with Crippen molar-refractivity contribution in [1.29, 1.82) is 0 Å². The number of rotatable bonds is 3. The van der Waals surface area contributed by atoms with Crippen molar-refractivity contribution < 1.29 is 0 Å². The van der Waals surface area contributed by atoms with E-state index in [9.17, 15) is 4.79 Å². The van der Waals surface area contributed by atoms with Crippen molar-refractivity contribution >= 4 is 34.1 Å². The highest BCUT2D eigenvalue weighted by Crippen LogP contribution is 2.20. The zero-order valence-electron chi connectivity index (χ0n) is 10.2. The predicted octanol–water partition coefficient (Wildman–Crippen LogP) is 3.24. The summed E-state index contributed by atoms with van der Waals surface area (Å²) in [6, 6.07) is 8.14. The summed E-state index contributed by atoms with van der Waals surface area (Å²) in [5, 5.41) is 3.14. The van der Waals surface area contributed by atoms with Gasteiger partial charge in [0.2, 0.25) is 0 Å². The summed E-state index contributed by atoms with van der Waals surface area (Å²) in [4.78, 5) is 18.1. The van der Waals surface area contributed by atoms with Gasteiger partial charge in [-0.15, -0.1) is 0 Å². The first kappa shape index (κ1) is 13.1. The average molecular weight is 355 g/mol. The van der Waals surface area contributed by atoms with Crippen LogP contribution in [0.25, 0.3) is 0 Å². The molecule has 18 heavy (non-hydrogen) atoms. The summed E-state index contributed by atoms with van der Waals surface area (Å²) >= 11 is 1.98. The van der Waals surface area contributed by atoms with Crippen LogP contribution in [0.3, 0.4) is 0 Å². The number of hydrogen-bond donors (Lipinski definition) is 2. The third kappa shape index (κ3) is 2.90. The number of aromatic amines is 1. The molecule has 0 spiro atoms. The molecule has 2 rings (SSSR count). The number of H-pyrrole nitrogens is 1. The van der Waals surface area contributed by atoms with E-state index < -0.39 is 0 Å². The van der Waals surface area contributed by atoms with Crippen LogP contribution in [0.1, 0.15) is 25.3 Å². The Hall–Kier alpha value is -1.37. The van der Waals surface area contributed by atoms with Crippen LogP contribution < -0.4 is 10.9 Å². The van der Waals surface area contributed by atoms with Crippen molar-refractivity contribution in [2.45, 2.75) is 19.8 Å². The van der Waals surface area contributed by atoms with Crippen LogP contribution >= 0.6 is 22.6 Å². The van der Waals surface area contributed by atoms with Gasteiger partial charge in [-0.25, -0.2) is 4.98 Å². The second kappa shape index (κ2) is 5.51. The van der Waals surface area contributed by atoms with Gasteiger partial charge in [0.25, 0.3) is 5.56 Å². The molecule has 1 heterocycles. The van der Waals surface area contributed by atoms with Gasteiger partial charge in [0, 0.05) is 5.69 Å². The van der Waals surface area contributed by atoms with Crippen molar-refractivity contribution in [3.8, 4) is 0 Å². The van der Waals surface area contributed by atoms with Crippen molar-refractivity contribution in [1.82, 2.24) is 9.97 Å². The molecule has 0 fully saturated rings. The molecule has 0 aliphatic rings. The predicted molar refractivity (Wildman–Crippen MR) is 81.4 cm³/mol. The molecule has 0 aliphatic heterocycles. The van der Waals surface area contributed by atoms with E-state index in [-0.39, 0.29) is 5.56 Å². The minimum Gasteiger partial charge on any atom is -0.339 e. The molecule has 2 aromatic rings. The van der Waals surface area contributed by atoms with Crippen LogP contribution in [0.5, 0.6) is 0 Å². The topological polar surface area (TPSA) is 57.8 Å². The van der Waals surface area contributed by atoms with Gasteiger partial charge >= 0.3 is 0 Å². The molecule has 0 unspecified atom stereocenters. The van der Waals surface area contributed by atoms with Crippen LogP contribution in [0, 0.1) is 3.57 Å². The van der Waals surface area contributed by atoms with E-state index in [2.05, 4.69) is 41.3 Å². The molecule has 5 heteroatoms. The highest BCUT2D eigenvalue weighted by molar-refractivity contribution is 14.1. The lowest BCUT2D eigenvalue weighted by molar-refractivity contribution is 0.867. The van der Waals surface area contributed by atoms with Crippen molar-refractivity contribution in [2.75, 3.05) is 5.32 Å². The molecule has 0 atom stereocenters. The van der Waals surface area contributed by atoms with Gasteiger partial charge in [0.05, 0.1) is 6.33 Å². The van der Waals surface area contributed by atoms with E-state index in [1.165, 1.54) is 11.9 Å². The zero-order chi connectivity index (χ0) is 13.1. The first-order valence-corrected chi connectivity index (χ1v) is 6.76. The molecule has 0 saturated carbocycles. The van der Waals surface area contributed by atoms with E-state index in [0.29, 0.717) is 15.3 Å². The first-order valence-electron chi connectivity index (χ1n) is 5.68. The van der Waals surface area contributed by atoms with Gasteiger partial charge in [-0.3, -0.25) is 4.79 Å². The van der Waals surface area contributed by atoms with Crippen LogP contribution in [-0.2, 0) is 0 Å². The second-order valence-corrected chi connectivity index (χ2v) is 5.37. The summed E-state index contributed by atoms with van der Waals surface area (Å²) < 4.78 is 0.558. The number of aromatic nitrogens is 2. The maximum Gasteiger partial charge on any atom is 0.266 e. The molecule has 2 N–H and O–H groups in total. The fourth-order valence-corrected chi connectivity index (χ4v) is 1.99. The smallest absolute Gasteiger partial charge is 0.266 e. The number of nitrogens with one attached hydrogen (secondary N) is 2. The molecule has 4 nitrogen and oxygen atoms in total. The summed E-state index contributed by atoms with van der Waals surface area (Å²) in [6.45, 7) is 4.31. The molecule has 1 aromatic carbocycles. The van der Waals surface area contributed by atoms with Crippen molar-refractivity contribution in [3.05, 3.63) is 50.1 Å². The van der Waals surface area contributed by atoms with Gasteiger partial charge in [-0.1, -0.05) is 26.0 Å². The maximum absolute atomic E-state index is 11.4. The Labute approximate surface area is 119 Å². The number of benzene rings is 1. The zero-order valence-corrected chi connectivity index (χ0v) is 12.4. The standard InChI is InChI=1S/C13H14IN3O/c1-8(2)9-3-5-10(6-4-9)17-12-11(14)13(18)16-7-15-12/h3-8H,1-2H3,(H2,15,16,17,18). The van der Waals surface area contributed by atoms with E-state index >= 15 is 0 Å². The maximum atomic E-state index is 11.4. The van der Waals surface area contributed by atoms with Gasteiger partial charge in [0.15, 0.2) is 5.82 Å². The molecular formula is C13H14IN3O. The Bertz CT molecular complexity index is 590. The van der Waals surface area contributed by atoms with Gasteiger partial charge in [0.1, 0.15) is 3.57 Å². The van der Waals surface area contributed by atoms with E-state index in [4.69, 9.17) is 0 Å². The molecule has 0 bridgehead atoms. The number of anilines is 2. The van der Waals surface area contributed by atoms with E-state index in [1.807, 2.05) is 34.7 Å². The Morgan fingerprint density at radius 2 is 1.94 bits per heavy atom. The van der Waals surface area contributed by atoms with Gasteiger partial charge in [-0.2, -0.15) is 0 Å². The monoisotopic (exact) mass is 355 g/mol. The van der Waals surface area contributed by atoms with Crippen LogP contribution in [0.2, 0.25) is 0 Å². The average Bonchev–Trinajstić information content (AvgIpc) is 2.36. The van der Waals surface area contributed by atoms with E-state index in [0.717, 1.165) is 5.69 Å². The number of nitrogens with zero attached hydrogens (tertiary/aromatic N) is 1. The summed E-state index contributed by atoms with van der Waals surface area (Å²) in [7, 11) is 0. The minimum absolute atomic E-state index is 0.132. The summed E-state index contributed by atoms with van der Waals surface area (Å²) in [5.74, 6) is 1.09. The largest absolute Gasteiger partial charge is 0.339 e. The fraction of sp³-hybridized carbons (Fsp3) is 0.231. The van der Waals surface area contributed by atoms with Crippen molar-refractivity contribution in [2.24, 2.45) is 0 Å². The fourth-order valence-electron chi connectivity index (χ4n) is 1.56. The molecular weight excluding hydrogens is 341 g/mol. The van der Waals surface area contributed by atoms with Crippen molar-refractivity contribution in [3.63, 3.8) is 0 Å². The lowest BCUT2D eigenvalue weighted by atomic mass is 10.0. The van der Waals surface area contributed by atoms with Crippen LogP contribution in [-0.4, -0.2) is 9.97 Å². The van der Waals surface area contributed by atoms with Crippen LogP contribution in [0.4, 0.5) is 11.5 Å². The third-order valence-corrected chi connectivity index (χ3v) is 3.64. The lowest BCUT2D eigenvalue weighted by Gasteiger charge is -2.09. The Kier molecular flexibility index (Phi) is 4.00. The highest BCUT2D eigenvalue weighted by Gasteiger charge is 2.05. The third-order valence-electron chi connectivity index (χ3n) is 2.64. The summed E-state index contributed by atoms with van der Waals surface area (Å²) in [6.07, 6.45) is 1.40. The van der Waals surface area contributed by atoms with Gasteiger partial charge in [-0.05, 0) is 46.2 Å². The Morgan fingerprint density at radius 3 is 2.56 bits per heavy atom. The number of hydrogen-bond acceptors (Lipinski definition) is 3. The second-order valence-electron chi connectivity index (χ2n) is 4.30. The Morgan fingerprint density at radius 1 is 1.28 bits per heavy atom. The SMILES string of the molecule is CC(C)c1ccc(Nc2nc[nH]c(=O)c2I)cc1. The van der Waals surface area contributed by atoms with E-state index in [1.54, 1.807) is 0 Å². The normalized spacial score (nSPS) is 10.7. The lowest BCUT2D eigenvalue weighted by Crippen LogP contribution is -2.12. The van der Waals surface area contributed by atoms with Crippen LogP contribution in [0.15, 0.2) is 35.4 Å².